The van der Waals surface area contributed by atoms with Gasteiger partial charge in [0.05, 0.1) is 29.3 Å². The molecule has 1 amide bonds. The third-order valence-electron chi connectivity index (χ3n) is 4.10. The molecule has 1 aromatic carbocycles. The Morgan fingerprint density at radius 1 is 1.29 bits per heavy atom. The number of carbonyl (C=O) groups is 1. The van der Waals surface area contributed by atoms with Crippen LogP contribution in [0.1, 0.15) is 10.5 Å². The number of benzene rings is 1. The number of hydrogen-bond donors (Lipinski definition) is 1. The van der Waals surface area contributed by atoms with E-state index >= 15 is 0 Å². The van der Waals surface area contributed by atoms with E-state index in [-0.39, 0.29) is 17.2 Å². The predicted molar refractivity (Wildman–Crippen MR) is 89.3 cm³/mol. The standard InChI is InChI=1S/C16H19N3O4S/c1-19-14(11-6-4-3-5-7-11)8-12(18-19)16(20)17-13-9-24(21,22)10-15(13)23-2/h3-8,13,15H,9-10H2,1-2H3,(H,17,20)/t13-,15-/m1/s1. The highest BCUT2D eigenvalue weighted by molar-refractivity contribution is 7.91. The van der Waals surface area contributed by atoms with Crippen LogP contribution in [0.4, 0.5) is 0 Å². The molecule has 3 rings (SSSR count). The average Bonchev–Trinajstić information content (AvgIpc) is 3.07. The Balaban J connectivity index is 1.79. The number of nitrogens with one attached hydrogen (secondary N) is 1. The van der Waals surface area contributed by atoms with Crippen molar-refractivity contribution in [2.24, 2.45) is 7.05 Å². The Kier molecular flexibility index (Phi) is 4.42. The second kappa shape index (κ2) is 6.37. The van der Waals surface area contributed by atoms with Crippen LogP contribution in [-0.4, -0.2) is 54.9 Å². The number of sulfone groups is 1. The molecule has 128 valence electrons. The molecular formula is C16H19N3O4S. The van der Waals surface area contributed by atoms with Crippen molar-refractivity contribution in [3.8, 4) is 11.3 Å². The lowest BCUT2D eigenvalue weighted by Gasteiger charge is -2.17. The van der Waals surface area contributed by atoms with Crippen molar-refractivity contribution in [3.05, 3.63) is 42.1 Å². The highest BCUT2D eigenvalue weighted by Gasteiger charge is 2.39. The minimum Gasteiger partial charge on any atom is -0.378 e. The van der Waals surface area contributed by atoms with Gasteiger partial charge < -0.3 is 10.1 Å². The molecule has 8 heteroatoms. The molecule has 0 unspecified atom stereocenters. The van der Waals surface area contributed by atoms with E-state index in [1.807, 2.05) is 30.3 Å². The number of rotatable bonds is 4. The number of methoxy groups -OCH3 is 1. The van der Waals surface area contributed by atoms with E-state index in [9.17, 15) is 13.2 Å². The summed E-state index contributed by atoms with van der Waals surface area (Å²) in [5.41, 5.74) is 2.00. The van der Waals surface area contributed by atoms with Gasteiger partial charge in [0, 0.05) is 14.2 Å². The molecule has 1 saturated heterocycles. The van der Waals surface area contributed by atoms with Crippen LogP contribution in [0.25, 0.3) is 11.3 Å². The van der Waals surface area contributed by atoms with E-state index in [0.29, 0.717) is 0 Å². The first-order valence-corrected chi connectivity index (χ1v) is 9.35. The zero-order valence-corrected chi connectivity index (χ0v) is 14.3. The molecule has 0 bridgehead atoms. The van der Waals surface area contributed by atoms with Crippen molar-refractivity contribution in [2.75, 3.05) is 18.6 Å². The Bertz CT molecular complexity index is 845. The Labute approximate surface area is 140 Å². The Hall–Kier alpha value is -2.19. The highest BCUT2D eigenvalue weighted by Crippen LogP contribution is 2.20. The SMILES string of the molecule is CO[C@@H]1CS(=O)(=O)C[C@H]1NC(=O)c1cc(-c2ccccc2)n(C)n1. The van der Waals surface area contributed by atoms with Gasteiger partial charge in [-0.3, -0.25) is 9.48 Å². The molecule has 0 spiro atoms. The second-order valence-corrected chi connectivity index (χ2v) is 7.99. The van der Waals surface area contributed by atoms with Gasteiger partial charge in [0.2, 0.25) is 0 Å². The van der Waals surface area contributed by atoms with E-state index in [2.05, 4.69) is 10.4 Å². The summed E-state index contributed by atoms with van der Waals surface area (Å²) >= 11 is 0. The van der Waals surface area contributed by atoms with Gasteiger partial charge in [-0.15, -0.1) is 0 Å². The van der Waals surface area contributed by atoms with Gasteiger partial charge in [-0.25, -0.2) is 8.42 Å². The highest BCUT2D eigenvalue weighted by atomic mass is 32.2. The summed E-state index contributed by atoms with van der Waals surface area (Å²) in [7, 11) is 0.00858. The van der Waals surface area contributed by atoms with Gasteiger partial charge in [0.15, 0.2) is 15.5 Å². The van der Waals surface area contributed by atoms with Crippen molar-refractivity contribution in [1.82, 2.24) is 15.1 Å². The van der Waals surface area contributed by atoms with Crippen LogP contribution in [0.3, 0.4) is 0 Å². The first kappa shape index (κ1) is 16.7. The average molecular weight is 349 g/mol. The molecule has 2 atom stereocenters. The van der Waals surface area contributed by atoms with Crippen molar-refractivity contribution >= 4 is 15.7 Å². The molecule has 2 heterocycles. The molecule has 1 aliphatic heterocycles. The summed E-state index contributed by atoms with van der Waals surface area (Å²) in [5.74, 6) is -0.599. The minimum absolute atomic E-state index is 0.0775. The fourth-order valence-corrected chi connectivity index (χ4v) is 4.73. The maximum atomic E-state index is 12.4. The summed E-state index contributed by atoms with van der Waals surface area (Å²) in [6, 6.07) is 10.7. The van der Waals surface area contributed by atoms with Crippen molar-refractivity contribution < 1.29 is 17.9 Å². The van der Waals surface area contributed by atoms with E-state index in [1.54, 1.807) is 17.8 Å². The number of ether oxygens (including phenoxy) is 1. The molecule has 0 aliphatic carbocycles. The summed E-state index contributed by atoms with van der Waals surface area (Å²) in [6.07, 6.45) is -0.531. The van der Waals surface area contributed by atoms with Gasteiger partial charge in [-0.1, -0.05) is 30.3 Å². The van der Waals surface area contributed by atoms with E-state index < -0.39 is 27.9 Å². The lowest BCUT2D eigenvalue weighted by Crippen LogP contribution is -2.43. The molecule has 2 aromatic rings. The normalized spacial score (nSPS) is 22.4. The first-order chi connectivity index (χ1) is 11.4. The number of aromatic nitrogens is 2. The largest absolute Gasteiger partial charge is 0.378 e. The summed E-state index contributed by atoms with van der Waals surface area (Å²) in [4.78, 5) is 12.4. The summed E-state index contributed by atoms with van der Waals surface area (Å²) in [5, 5.41) is 6.96. The monoisotopic (exact) mass is 349 g/mol. The van der Waals surface area contributed by atoms with Crippen LogP contribution in [0.2, 0.25) is 0 Å². The van der Waals surface area contributed by atoms with E-state index in [4.69, 9.17) is 4.74 Å². The number of carbonyl (C=O) groups excluding carboxylic acids is 1. The Morgan fingerprint density at radius 3 is 2.67 bits per heavy atom. The molecule has 1 N–H and O–H groups in total. The zero-order chi connectivity index (χ0) is 17.3. The molecule has 24 heavy (non-hydrogen) atoms. The van der Waals surface area contributed by atoms with Crippen LogP contribution in [0, 0.1) is 0 Å². The predicted octanol–water partition coefficient (Wildman–Crippen LogP) is 0.629. The van der Waals surface area contributed by atoms with Crippen molar-refractivity contribution in [2.45, 2.75) is 12.1 Å². The number of amides is 1. The quantitative estimate of drug-likeness (QED) is 0.874. The maximum Gasteiger partial charge on any atom is 0.272 e. The third-order valence-corrected chi connectivity index (χ3v) is 5.81. The van der Waals surface area contributed by atoms with Gasteiger partial charge >= 0.3 is 0 Å². The second-order valence-electron chi connectivity index (χ2n) is 5.84. The fraction of sp³-hybridized carbons (Fsp3) is 0.375. The Morgan fingerprint density at radius 2 is 2.00 bits per heavy atom. The minimum atomic E-state index is -3.20. The maximum absolute atomic E-state index is 12.4. The number of hydrogen-bond acceptors (Lipinski definition) is 5. The first-order valence-electron chi connectivity index (χ1n) is 7.53. The number of aryl methyl sites for hydroxylation is 1. The van der Waals surface area contributed by atoms with Gasteiger partial charge in [-0.2, -0.15) is 5.10 Å². The van der Waals surface area contributed by atoms with Crippen LogP contribution < -0.4 is 5.32 Å². The van der Waals surface area contributed by atoms with E-state index in [0.717, 1.165) is 11.3 Å². The van der Waals surface area contributed by atoms with E-state index in [1.165, 1.54) is 7.11 Å². The van der Waals surface area contributed by atoms with Crippen molar-refractivity contribution in [3.63, 3.8) is 0 Å². The van der Waals surface area contributed by atoms with Crippen LogP contribution in [-0.2, 0) is 21.6 Å². The molecule has 0 saturated carbocycles. The third kappa shape index (κ3) is 3.34. The van der Waals surface area contributed by atoms with Crippen molar-refractivity contribution in [1.29, 1.82) is 0 Å². The molecule has 1 aromatic heterocycles. The van der Waals surface area contributed by atoms with Gasteiger partial charge in [0.25, 0.3) is 5.91 Å². The molecule has 1 aliphatic rings. The smallest absolute Gasteiger partial charge is 0.272 e. The molecular weight excluding hydrogens is 330 g/mol. The summed E-state index contributed by atoms with van der Waals surface area (Å²) < 4.78 is 30.2. The lowest BCUT2D eigenvalue weighted by atomic mass is 10.1. The molecule has 7 nitrogen and oxygen atoms in total. The zero-order valence-electron chi connectivity index (χ0n) is 13.5. The topological polar surface area (TPSA) is 90.3 Å². The van der Waals surface area contributed by atoms with Crippen LogP contribution in [0.15, 0.2) is 36.4 Å². The van der Waals surface area contributed by atoms with Crippen LogP contribution in [0.5, 0.6) is 0 Å². The lowest BCUT2D eigenvalue weighted by molar-refractivity contribution is 0.0782. The number of nitrogens with zero attached hydrogens (tertiary/aromatic N) is 2. The summed E-state index contributed by atoms with van der Waals surface area (Å²) in [6.45, 7) is 0. The molecule has 1 fully saturated rings. The van der Waals surface area contributed by atoms with Gasteiger partial charge in [0.1, 0.15) is 0 Å². The van der Waals surface area contributed by atoms with Crippen LogP contribution >= 0.6 is 0 Å². The van der Waals surface area contributed by atoms with Gasteiger partial charge in [-0.05, 0) is 11.6 Å². The molecule has 0 radical (unpaired) electrons. The fourth-order valence-electron chi connectivity index (χ4n) is 2.88.